The molecule has 4 aromatic rings. The Kier molecular flexibility index (Phi) is 5.88. The summed E-state index contributed by atoms with van der Waals surface area (Å²) in [5.74, 6) is 1.87. The molecule has 0 unspecified atom stereocenters. The SMILES string of the molecule is COc1ccccc1NC(=O)c1sc2nc(N3CCOCC3)cc(-c3ccccc3)c2c1C1CC1. The molecule has 1 aliphatic carbocycles. The maximum absolute atomic E-state index is 13.6. The molecule has 2 aromatic carbocycles. The molecule has 6 nitrogen and oxygen atoms in total. The Bertz CT molecular complexity index is 1380. The summed E-state index contributed by atoms with van der Waals surface area (Å²) < 4.78 is 11.0. The molecule has 1 aliphatic heterocycles. The van der Waals surface area contributed by atoms with Crippen LogP contribution in [0.4, 0.5) is 11.5 Å². The minimum atomic E-state index is -0.105. The van der Waals surface area contributed by atoms with Crippen LogP contribution in [0.15, 0.2) is 60.7 Å². The third kappa shape index (κ3) is 4.26. The minimum Gasteiger partial charge on any atom is -0.495 e. The lowest BCUT2D eigenvalue weighted by Gasteiger charge is -2.28. The molecule has 7 heteroatoms. The quantitative estimate of drug-likeness (QED) is 0.366. The van der Waals surface area contributed by atoms with E-state index in [4.69, 9.17) is 14.5 Å². The molecule has 35 heavy (non-hydrogen) atoms. The summed E-state index contributed by atoms with van der Waals surface area (Å²) in [5.41, 5.74) is 4.10. The molecule has 1 saturated carbocycles. The van der Waals surface area contributed by atoms with Crippen LogP contribution in [0.1, 0.15) is 34.0 Å². The number of hydrogen-bond acceptors (Lipinski definition) is 6. The molecule has 1 saturated heterocycles. The number of carbonyl (C=O) groups is 1. The fraction of sp³-hybridized carbons (Fsp3) is 0.286. The Labute approximate surface area is 208 Å². The van der Waals surface area contributed by atoms with Gasteiger partial charge in [0.05, 0.1) is 30.9 Å². The lowest BCUT2D eigenvalue weighted by atomic mass is 9.97. The predicted octanol–water partition coefficient (Wildman–Crippen LogP) is 5.94. The van der Waals surface area contributed by atoms with E-state index < -0.39 is 0 Å². The molecule has 3 heterocycles. The number of morpholine rings is 1. The van der Waals surface area contributed by atoms with E-state index >= 15 is 0 Å². The van der Waals surface area contributed by atoms with Crippen LogP contribution in [0.2, 0.25) is 0 Å². The molecule has 0 radical (unpaired) electrons. The van der Waals surface area contributed by atoms with E-state index in [1.54, 1.807) is 7.11 Å². The van der Waals surface area contributed by atoms with Crippen LogP contribution < -0.4 is 15.0 Å². The first kappa shape index (κ1) is 22.1. The Morgan fingerprint density at radius 3 is 2.57 bits per heavy atom. The molecule has 2 aliphatic rings. The fourth-order valence-corrected chi connectivity index (χ4v) is 5.94. The van der Waals surface area contributed by atoms with Crippen molar-refractivity contribution in [1.82, 2.24) is 4.98 Å². The van der Waals surface area contributed by atoms with Gasteiger partial charge in [-0.3, -0.25) is 4.79 Å². The van der Waals surface area contributed by atoms with Gasteiger partial charge in [-0.25, -0.2) is 4.98 Å². The van der Waals surface area contributed by atoms with Crippen LogP contribution in [-0.4, -0.2) is 44.3 Å². The van der Waals surface area contributed by atoms with Crippen LogP contribution in [0.5, 0.6) is 5.75 Å². The van der Waals surface area contributed by atoms with Crippen molar-refractivity contribution in [2.45, 2.75) is 18.8 Å². The molecular weight excluding hydrogens is 458 g/mol. The number of para-hydroxylation sites is 2. The van der Waals surface area contributed by atoms with Crippen LogP contribution in [0.25, 0.3) is 21.3 Å². The molecule has 1 N–H and O–H groups in total. The molecule has 6 rings (SSSR count). The van der Waals surface area contributed by atoms with Gasteiger partial charge in [0.1, 0.15) is 16.4 Å². The molecule has 0 spiro atoms. The van der Waals surface area contributed by atoms with Gasteiger partial charge in [0.15, 0.2) is 0 Å². The highest BCUT2D eigenvalue weighted by Crippen LogP contribution is 2.50. The van der Waals surface area contributed by atoms with Crippen molar-refractivity contribution in [3.05, 3.63) is 71.1 Å². The number of rotatable bonds is 6. The van der Waals surface area contributed by atoms with E-state index in [-0.39, 0.29) is 5.91 Å². The zero-order valence-electron chi connectivity index (χ0n) is 19.6. The number of hydrogen-bond donors (Lipinski definition) is 1. The zero-order valence-corrected chi connectivity index (χ0v) is 20.4. The highest BCUT2D eigenvalue weighted by atomic mass is 32.1. The summed E-state index contributed by atoms with van der Waals surface area (Å²) in [6.45, 7) is 3.03. The molecular formula is C28H27N3O3S. The second-order valence-corrected chi connectivity index (χ2v) is 9.95. The number of fused-ring (bicyclic) bond motifs is 1. The van der Waals surface area contributed by atoms with Crippen molar-refractivity contribution in [1.29, 1.82) is 0 Å². The van der Waals surface area contributed by atoms with Gasteiger partial charge in [-0.2, -0.15) is 0 Å². The number of amides is 1. The van der Waals surface area contributed by atoms with Crippen LogP contribution in [-0.2, 0) is 4.74 Å². The Morgan fingerprint density at radius 1 is 1.09 bits per heavy atom. The number of thiophene rings is 1. The summed E-state index contributed by atoms with van der Waals surface area (Å²) >= 11 is 1.50. The third-order valence-electron chi connectivity index (χ3n) is 6.65. The lowest BCUT2D eigenvalue weighted by Crippen LogP contribution is -2.36. The lowest BCUT2D eigenvalue weighted by molar-refractivity contribution is 0.102. The Morgan fingerprint density at radius 2 is 1.83 bits per heavy atom. The highest BCUT2D eigenvalue weighted by Gasteiger charge is 2.34. The molecule has 2 fully saturated rings. The first-order valence-electron chi connectivity index (χ1n) is 12.0. The number of anilines is 2. The Balaban J connectivity index is 1.51. The van der Waals surface area contributed by atoms with E-state index in [1.807, 2.05) is 30.3 Å². The van der Waals surface area contributed by atoms with Gasteiger partial charge in [-0.05, 0) is 53.6 Å². The second-order valence-electron chi connectivity index (χ2n) is 8.95. The van der Waals surface area contributed by atoms with Crippen molar-refractivity contribution < 1.29 is 14.3 Å². The highest BCUT2D eigenvalue weighted by molar-refractivity contribution is 7.20. The first-order chi connectivity index (χ1) is 17.2. The van der Waals surface area contributed by atoms with Crippen LogP contribution in [0, 0.1) is 0 Å². The summed E-state index contributed by atoms with van der Waals surface area (Å²) in [7, 11) is 1.61. The average molecular weight is 486 g/mol. The topological polar surface area (TPSA) is 63.7 Å². The maximum atomic E-state index is 13.6. The van der Waals surface area contributed by atoms with E-state index in [2.05, 4.69) is 40.5 Å². The molecule has 0 bridgehead atoms. The van der Waals surface area contributed by atoms with Crippen LogP contribution in [0.3, 0.4) is 0 Å². The van der Waals surface area contributed by atoms with Gasteiger partial charge in [0.2, 0.25) is 0 Å². The third-order valence-corrected chi connectivity index (χ3v) is 7.75. The maximum Gasteiger partial charge on any atom is 0.266 e. The van der Waals surface area contributed by atoms with Gasteiger partial charge in [0.25, 0.3) is 5.91 Å². The number of nitrogens with zero attached hydrogens (tertiary/aromatic N) is 2. The molecule has 2 aromatic heterocycles. The number of methoxy groups -OCH3 is 1. The van der Waals surface area contributed by atoms with Gasteiger partial charge in [0, 0.05) is 18.5 Å². The fourth-order valence-electron chi connectivity index (χ4n) is 4.77. The van der Waals surface area contributed by atoms with E-state index in [0.717, 1.165) is 63.5 Å². The molecule has 0 atom stereocenters. The number of pyridine rings is 1. The normalized spacial score (nSPS) is 15.9. The van der Waals surface area contributed by atoms with Gasteiger partial charge in [-0.15, -0.1) is 11.3 Å². The standard InChI is InChI=1S/C28H27N3O3S/c1-33-22-10-6-5-9-21(22)29-27(32)26-24(19-11-12-19)25-20(18-7-3-2-4-8-18)17-23(30-28(25)35-26)31-13-15-34-16-14-31/h2-10,17,19H,11-16H2,1H3,(H,29,32). The van der Waals surface area contributed by atoms with Crippen molar-refractivity contribution in [3.8, 4) is 16.9 Å². The minimum absolute atomic E-state index is 0.105. The van der Waals surface area contributed by atoms with E-state index in [9.17, 15) is 4.79 Å². The first-order valence-corrected chi connectivity index (χ1v) is 12.8. The zero-order chi connectivity index (χ0) is 23.8. The Hall–Kier alpha value is -3.42. The van der Waals surface area contributed by atoms with Crippen molar-refractivity contribution in [3.63, 3.8) is 0 Å². The second kappa shape index (κ2) is 9.32. The van der Waals surface area contributed by atoms with Gasteiger partial charge in [-0.1, -0.05) is 42.5 Å². The monoisotopic (exact) mass is 485 g/mol. The predicted molar refractivity (Wildman–Crippen MR) is 141 cm³/mol. The largest absolute Gasteiger partial charge is 0.495 e. The van der Waals surface area contributed by atoms with Gasteiger partial charge < -0.3 is 19.7 Å². The summed E-state index contributed by atoms with van der Waals surface area (Å²) in [4.78, 5) is 22.7. The van der Waals surface area contributed by atoms with Crippen molar-refractivity contribution >= 4 is 39.0 Å². The average Bonchev–Trinajstić information content (AvgIpc) is 3.68. The number of ether oxygens (including phenoxy) is 2. The number of aromatic nitrogens is 1. The van der Waals surface area contributed by atoms with Gasteiger partial charge >= 0.3 is 0 Å². The summed E-state index contributed by atoms with van der Waals surface area (Å²) in [6.07, 6.45) is 2.19. The van der Waals surface area contributed by atoms with Crippen LogP contribution >= 0.6 is 11.3 Å². The van der Waals surface area contributed by atoms with Crippen molar-refractivity contribution in [2.24, 2.45) is 0 Å². The van der Waals surface area contributed by atoms with E-state index in [0.29, 0.717) is 30.6 Å². The smallest absolute Gasteiger partial charge is 0.266 e. The molecule has 1 amide bonds. The molecule has 178 valence electrons. The number of nitrogens with one attached hydrogen (secondary N) is 1. The number of carbonyl (C=O) groups excluding carboxylic acids is 1. The number of benzene rings is 2. The summed E-state index contributed by atoms with van der Waals surface area (Å²) in [5, 5.41) is 4.21. The van der Waals surface area contributed by atoms with Crippen molar-refractivity contribution in [2.75, 3.05) is 43.6 Å². The van der Waals surface area contributed by atoms with E-state index in [1.165, 1.54) is 11.3 Å². The summed E-state index contributed by atoms with van der Waals surface area (Å²) in [6, 6.07) is 20.2.